The molecule has 4 nitrogen and oxygen atoms in total. The molecule has 0 atom stereocenters. The predicted molar refractivity (Wildman–Crippen MR) is 127 cm³/mol. The Labute approximate surface area is 186 Å². The number of hydrogen-bond donors (Lipinski definition) is 2. The molecule has 0 aromatic heterocycles. The SMILES string of the molecule is Cc1ccc(COc2ccc(Br)cc2CNc2ccc(NC(=O)C(C)C)cc2)cc1. The topological polar surface area (TPSA) is 50.4 Å². The molecule has 156 valence electrons. The summed E-state index contributed by atoms with van der Waals surface area (Å²) in [6.07, 6.45) is 0. The Morgan fingerprint density at radius 2 is 1.63 bits per heavy atom. The van der Waals surface area contributed by atoms with Gasteiger partial charge in [-0.25, -0.2) is 0 Å². The van der Waals surface area contributed by atoms with Gasteiger partial charge >= 0.3 is 0 Å². The van der Waals surface area contributed by atoms with E-state index in [1.807, 2.05) is 50.2 Å². The van der Waals surface area contributed by atoms with Crippen molar-refractivity contribution < 1.29 is 9.53 Å². The Morgan fingerprint density at radius 3 is 2.30 bits per heavy atom. The highest BCUT2D eigenvalue weighted by Gasteiger charge is 2.08. The van der Waals surface area contributed by atoms with Crippen LogP contribution in [-0.4, -0.2) is 5.91 Å². The molecule has 0 saturated carbocycles. The Bertz CT molecular complexity index is 983. The summed E-state index contributed by atoms with van der Waals surface area (Å²) >= 11 is 3.55. The molecule has 3 aromatic carbocycles. The van der Waals surface area contributed by atoms with Gasteiger partial charge in [-0.2, -0.15) is 0 Å². The highest BCUT2D eigenvalue weighted by Crippen LogP contribution is 2.26. The first-order valence-corrected chi connectivity index (χ1v) is 10.8. The van der Waals surface area contributed by atoms with Crippen LogP contribution in [0, 0.1) is 12.8 Å². The number of carbonyl (C=O) groups excluding carboxylic acids is 1. The lowest BCUT2D eigenvalue weighted by atomic mass is 10.1. The fourth-order valence-corrected chi connectivity index (χ4v) is 3.24. The minimum Gasteiger partial charge on any atom is -0.489 e. The summed E-state index contributed by atoms with van der Waals surface area (Å²) in [7, 11) is 0. The van der Waals surface area contributed by atoms with E-state index in [0.717, 1.165) is 32.7 Å². The average Bonchev–Trinajstić information content (AvgIpc) is 2.73. The Kier molecular flexibility index (Phi) is 7.52. The fraction of sp³-hybridized carbons (Fsp3) is 0.240. The van der Waals surface area contributed by atoms with Gasteiger partial charge in [-0.1, -0.05) is 59.6 Å². The zero-order chi connectivity index (χ0) is 21.5. The number of anilines is 2. The molecule has 0 radical (unpaired) electrons. The van der Waals surface area contributed by atoms with Crippen LogP contribution in [0.1, 0.15) is 30.5 Å². The zero-order valence-electron chi connectivity index (χ0n) is 17.5. The van der Waals surface area contributed by atoms with Gasteiger partial charge < -0.3 is 15.4 Å². The predicted octanol–water partition coefficient (Wildman–Crippen LogP) is 6.54. The number of hydrogen-bond acceptors (Lipinski definition) is 3. The first kappa shape index (κ1) is 21.9. The Hall–Kier alpha value is -2.79. The number of benzene rings is 3. The van der Waals surface area contributed by atoms with Crippen LogP contribution >= 0.6 is 15.9 Å². The van der Waals surface area contributed by atoms with Crippen LogP contribution in [0.25, 0.3) is 0 Å². The van der Waals surface area contributed by atoms with Crippen molar-refractivity contribution in [1.29, 1.82) is 0 Å². The maximum atomic E-state index is 11.8. The number of amides is 1. The van der Waals surface area contributed by atoms with Gasteiger partial charge in [0.1, 0.15) is 12.4 Å². The summed E-state index contributed by atoms with van der Waals surface area (Å²) in [6.45, 7) is 6.98. The molecule has 30 heavy (non-hydrogen) atoms. The van der Waals surface area contributed by atoms with Crippen molar-refractivity contribution >= 4 is 33.2 Å². The van der Waals surface area contributed by atoms with Crippen molar-refractivity contribution in [2.45, 2.75) is 33.9 Å². The maximum Gasteiger partial charge on any atom is 0.226 e. The van der Waals surface area contributed by atoms with E-state index >= 15 is 0 Å². The Balaban J connectivity index is 1.62. The zero-order valence-corrected chi connectivity index (χ0v) is 19.1. The largest absolute Gasteiger partial charge is 0.489 e. The highest BCUT2D eigenvalue weighted by atomic mass is 79.9. The minimum absolute atomic E-state index is 0.0141. The summed E-state index contributed by atoms with van der Waals surface area (Å²) in [5, 5.41) is 6.33. The van der Waals surface area contributed by atoms with Gasteiger partial charge in [-0.05, 0) is 55.0 Å². The van der Waals surface area contributed by atoms with Crippen LogP contribution < -0.4 is 15.4 Å². The third-order valence-electron chi connectivity index (χ3n) is 4.70. The van der Waals surface area contributed by atoms with E-state index in [1.54, 1.807) is 0 Å². The molecular formula is C25H27BrN2O2. The monoisotopic (exact) mass is 466 g/mol. The molecule has 0 unspecified atom stereocenters. The Morgan fingerprint density at radius 1 is 0.967 bits per heavy atom. The molecule has 0 aliphatic heterocycles. The van der Waals surface area contributed by atoms with Gasteiger partial charge in [0.05, 0.1) is 0 Å². The lowest BCUT2D eigenvalue weighted by molar-refractivity contribution is -0.118. The van der Waals surface area contributed by atoms with Crippen molar-refractivity contribution in [2.75, 3.05) is 10.6 Å². The first-order chi connectivity index (χ1) is 14.4. The van der Waals surface area contributed by atoms with Crippen molar-refractivity contribution in [3.8, 4) is 5.75 Å². The van der Waals surface area contributed by atoms with Gasteiger partial charge in [0.25, 0.3) is 0 Å². The van der Waals surface area contributed by atoms with Gasteiger partial charge in [0, 0.05) is 33.9 Å². The summed E-state index contributed by atoms with van der Waals surface area (Å²) in [6, 6.07) is 22.1. The normalized spacial score (nSPS) is 10.7. The van der Waals surface area contributed by atoms with E-state index < -0.39 is 0 Å². The van der Waals surface area contributed by atoms with Gasteiger partial charge in [0.2, 0.25) is 5.91 Å². The molecule has 2 N–H and O–H groups in total. The molecule has 0 spiro atoms. The van der Waals surface area contributed by atoms with Crippen molar-refractivity contribution in [2.24, 2.45) is 5.92 Å². The van der Waals surface area contributed by atoms with E-state index in [-0.39, 0.29) is 11.8 Å². The molecule has 0 heterocycles. The van der Waals surface area contributed by atoms with E-state index in [4.69, 9.17) is 4.74 Å². The smallest absolute Gasteiger partial charge is 0.226 e. The molecule has 0 fully saturated rings. The third kappa shape index (κ3) is 6.36. The summed E-state index contributed by atoms with van der Waals surface area (Å²) in [5.74, 6) is 0.824. The standard InChI is InChI=1S/C25H27BrN2O2/c1-17(2)25(29)28-23-11-9-22(10-12-23)27-15-20-14-21(26)8-13-24(20)30-16-19-6-4-18(3)5-7-19/h4-14,17,27H,15-16H2,1-3H3,(H,28,29). The molecule has 0 bridgehead atoms. The maximum absolute atomic E-state index is 11.8. The molecule has 0 aliphatic carbocycles. The minimum atomic E-state index is -0.0438. The van der Waals surface area contributed by atoms with Crippen LogP contribution in [0.15, 0.2) is 71.2 Å². The summed E-state index contributed by atoms with van der Waals surface area (Å²) < 4.78 is 7.09. The number of halogens is 1. The van der Waals surface area contributed by atoms with E-state index in [0.29, 0.717) is 13.2 Å². The van der Waals surface area contributed by atoms with Crippen molar-refractivity contribution in [1.82, 2.24) is 0 Å². The van der Waals surface area contributed by atoms with Crippen LogP contribution in [0.4, 0.5) is 11.4 Å². The molecule has 0 saturated heterocycles. The molecule has 1 amide bonds. The number of aryl methyl sites for hydroxylation is 1. The molecule has 0 aliphatic rings. The van der Waals surface area contributed by atoms with Crippen LogP contribution in [-0.2, 0) is 17.9 Å². The van der Waals surface area contributed by atoms with Gasteiger partial charge in [-0.3, -0.25) is 4.79 Å². The van der Waals surface area contributed by atoms with Crippen LogP contribution in [0.2, 0.25) is 0 Å². The molecule has 3 rings (SSSR count). The lowest BCUT2D eigenvalue weighted by Crippen LogP contribution is -2.17. The first-order valence-electron chi connectivity index (χ1n) is 10.0. The molecular weight excluding hydrogens is 440 g/mol. The number of nitrogens with one attached hydrogen (secondary N) is 2. The average molecular weight is 467 g/mol. The number of rotatable bonds is 8. The van der Waals surface area contributed by atoms with E-state index in [9.17, 15) is 4.79 Å². The van der Waals surface area contributed by atoms with Crippen molar-refractivity contribution in [3.63, 3.8) is 0 Å². The van der Waals surface area contributed by atoms with Gasteiger partial charge in [0.15, 0.2) is 0 Å². The molecule has 5 heteroatoms. The second-order valence-corrected chi connectivity index (χ2v) is 8.52. The molecule has 3 aromatic rings. The highest BCUT2D eigenvalue weighted by molar-refractivity contribution is 9.10. The third-order valence-corrected chi connectivity index (χ3v) is 5.19. The summed E-state index contributed by atoms with van der Waals surface area (Å²) in [5.41, 5.74) is 5.21. The van der Waals surface area contributed by atoms with E-state index in [1.165, 1.54) is 5.56 Å². The fourth-order valence-electron chi connectivity index (χ4n) is 2.83. The van der Waals surface area contributed by atoms with Gasteiger partial charge in [-0.15, -0.1) is 0 Å². The van der Waals surface area contributed by atoms with Crippen LogP contribution in [0.3, 0.4) is 0 Å². The lowest BCUT2D eigenvalue weighted by Gasteiger charge is -2.14. The van der Waals surface area contributed by atoms with Crippen molar-refractivity contribution in [3.05, 3.63) is 87.9 Å². The number of carbonyl (C=O) groups is 1. The van der Waals surface area contributed by atoms with E-state index in [2.05, 4.69) is 63.8 Å². The second-order valence-electron chi connectivity index (χ2n) is 7.60. The summed E-state index contributed by atoms with van der Waals surface area (Å²) in [4.78, 5) is 11.8. The number of ether oxygens (including phenoxy) is 1. The second kappa shape index (κ2) is 10.3. The van der Waals surface area contributed by atoms with Crippen LogP contribution in [0.5, 0.6) is 5.75 Å². The quantitative estimate of drug-likeness (QED) is 0.395.